The van der Waals surface area contributed by atoms with E-state index >= 15 is 0 Å². The van der Waals surface area contributed by atoms with Crippen molar-refractivity contribution in [1.29, 1.82) is 0 Å². The Balaban J connectivity index is 2.71. The molecule has 5 heteroatoms. The zero-order valence-electron chi connectivity index (χ0n) is 8.99. The van der Waals surface area contributed by atoms with Gasteiger partial charge in [-0.05, 0) is 19.1 Å². The number of rotatable bonds is 3. The van der Waals surface area contributed by atoms with E-state index in [4.69, 9.17) is 11.6 Å². The van der Waals surface area contributed by atoms with Crippen molar-refractivity contribution in [3.8, 4) is 0 Å². The van der Waals surface area contributed by atoms with Gasteiger partial charge >= 0.3 is 0 Å². The monoisotopic (exact) mass is 227 g/mol. The van der Waals surface area contributed by atoms with Gasteiger partial charge in [0.15, 0.2) is 0 Å². The molecule has 1 heterocycles. The molecule has 0 aliphatic heterocycles. The van der Waals surface area contributed by atoms with Crippen LogP contribution in [0.3, 0.4) is 0 Å². The van der Waals surface area contributed by atoms with Gasteiger partial charge in [-0.25, -0.2) is 4.98 Å². The number of nitrogens with zero attached hydrogens (tertiary/aromatic N) is 2. The lowest BCUT2D eigenvalue weighted by Crippen LogP contribution is -2.36. The van der Waals surface area contributed by atoms with Gasteiger partial charge in [0, 0.05) is 20.3 Å². The largest absolute Gasteiger partial charge is 0.357 e. The van der Waals surface area contributed by atoms with E-state index in [9.17, 15) is 4.79 Å². The van der Waals surface area contributed by atoms with Crippen LogP contribution in [-0.4, -0.2) is 35.9 Å². The van der Waals surface area contributed by atoms with E-state index in [1.807, 2.05) is 0 Å². The number of aromatic nitrogens is 1. The van der Waals surface area contributed by atoms with Crippen LogP contribution in [-0.2, 0) is 4.79 Å². The number of carbonyl (C=O) groups excluding carboxylic acids is 1. The Morgan fingerprint density at radius 2 is 2.27 bits per heavy atom. The molecule has 0 aromatic carbocycles. The van der Waals surface area contributed by atoms with Crippen LogP contribution >= 0.6 is 11.6 Å². The molecule has 4 nitrogen and oxygen atoms in total. The minimum absolute atomic E-state index is 0.0169. The summed E-state index contributed by atoms with van der Waals surface area (Å²) in [5.41, 5.74) is 0. The molecule has 0 radical (unpaired) electrons. The molecule has 1 aromatic rings. The number of halogens is 1. The van der Waals surface area contributed by atoms with Crippen molar-refractivity contribution in [2.75, 3.05) is 19.4 Å². The van der Waals surface area contributed by atoms with Crippen LogP contribution in [0.5, 0.6) is 0 Å². The van der Waals surface area contributed by atoms with Crippen molar-refractivity contribution in [2.45, 2.75) is 13.0 Å². The van der Waals surface area contributed by atoms with Crippen molar-refractivity contribution >= 4 is 23.3 Å². The number of amides is 1. The van der Waals surface area contributed by atoms with Gasteiger partial charge < -0.3 is 10.2 Å². The smallest absolute Gasteiger partial charge is 0.244 e. The van der Waals surface area contributed by atoms with Crippen molar-refractivity contribution < 1.29 is 4.79 Å². The van der Waals surface area contributed by atoms with Gasteiger partial charge in [0.1, 0.15) is 11.9 Å². The third-order valence-corrected chi connectivity index (χ3v) is 2.23. The van der Waals surface area contributed by atoms with E-state index in [1.165, 1.54) is 4.90 Å². The van der Waals surface area contributed by atoms with E-state index < -0.39 is 0 Å². The number of carbonyl (C=O) groups is 1. The molecule has 0 aliphatic rings. The molecule has 1 N–H and O–H groups in total. The first-order valence-corrected chi connectivity index (χ1v) is 4.98. The second kappa shape index (κ2) is 4.98. The molecule has 0 spiro atoms. The molecule has 0 bridgehead atoms. The number of hydrogen-bond donors (Lipinski definition) is 1. The Kier molecular flexibility index (Phi) is 3.91. The van der Waals surface area contributed by atoms with Gasteiger partial charge in [0.2, 0.25) is 5.91 Å². The minimum atomic E-state index is -0.340. The predicted octanol–water partition coefficient (Wildman–Crippen LogP) is 1.62. The number of anilines is 1. The average Bonchev–Trinajstić information content (AvgIpc) is 2.20. The normalized spacial score (nSPS) is 12.0. The SMILES string of the molecule is C[C@H](Nc1ncccc1Cl)C(=O)N(C)C. The highest BCUT2D eigenvalue weighted by molar-refractivity contribution is 6.32. The molecule has 1 atom stereocenters. The van der Waals surface area contributed by atoms with Crippen LogP contribution in [0.4, 0.5) is 5.82 Å². The van der Waals surface area contributed by atoms with Gasteiger partial charge in [0.25, 0.3) is 0 Å². The first kappa shape index (κ1) is 11.8. The first-order valence-electron chi connectivity index (χ1n) is 4.60. The van der Waals surface area contributed by atoms with Crippen molar-refractivity contribution in [1.82, 2.24) is 9.88 Å². The van der Waals surface area contributed by atoms with Gasteiger partial charge in [-0.3, -0.25) is 4.79 Å². The molecule has 0 saturated heterocycles. The topological polar surface area (TPSA) is 45.2 Å². The van der Waals surface area contributed by atoms with E-state index in [2.05, 4.69) is 10.3 Å². The van der Waals surface area contributed by atoms with Crippen LogP contribution < -0.4 is 5.32 Å². The lowest BCUT2D eigenvalue weighted by molar-refractivity contribution is -0.129. The van der Waals surface area contributed by atoms with E-state index in [0.29, 0.717) is 10.8 Å². The second-order valence-electron chi connectivity index (χ2n) is 3.43. The summed E-state index contributed by atoms with van der Waals surface area (Å²) >= 11 is 5.90. The summed E-state index contributed by atoms with van der Waals surface area (Å²) in [6.07, 6.45) is 1.63. The standard InChI is InChI=1S/C10H14ClN3O/c1-7(10(15)14(2)3)13-9-8(11)5-4-6-12-9/h4-7H,1-3H3,(H,12,13)/t7-/m0/s1. The molecule has 0 aliphatic carbocycles. The molecule has 1 aromatic heterocycles. The van der Waals surface area contributed by atoms with Crippen molar-refractivity contribution in [3.05, 3.63) is 23.4 Å². The van der Waals surface area contributed by atoms with Gasteiger partial charge in [-0.1, -0.05) is 11.6 Å². The molecule has 15 heavy (non-hydrogen) atoms. The van der Waals surface area contributed by atoms with E-state index in [-0.39, 0.29) is 11.9 Å². The molecule has 0 fully saturated rings. The van der Waals surface area contributed by atoms with Crippen LogP contribution in [0.25, 0.3) is 0 Å². The molecular weight excluding hydrogens is 214 g/mol. The summed E-state index contributed by atoms with van der Waals surface area (Å²) < 4.78 is 0. The Morgan fingerprint density at radius 1 is 1.60 bits per heavy atom. The Morgan fingerprint density at radius 3 is 2.80 bits per heavy atom. The number of likely N-dealkylation sites (N-methyl/N-ethyl adjacent to an activating group) is 1. The summed E-state index contributed by atoms with van der Waals surface area (Å²) in [5.74, 6) is 0.513. The van der Waals surface area contributed by atoms with Gasteiger partial charge in [0.05, 0.1) is 5.02 Å². The molecule has 1 amide bonds. The maximum absolute atomic E-state index is 11.6. The highest BCUT2D eigenvalue weighted by Gasteiger charge is 2.15. The summed E-state index contributed by atoms with van der Waals surface area (Å²) in [6.45, 7) is 1.77. The summed E-state index contributed by atoms with van der Waals surface area (Å²) in [4.78, 5) is 17.1. The number of pyridine rings is 1. The summed E-state index contributed by atoms with van der Waals surface area (Å²) in [6, 6.07) is 3.13. The fourth-order valence-corrected chi connectivity index (χ4v) is 1.32. The lowest BCUT2D eigenvalue weighted by atomic mass is 10.3. The number of nitrogens with one attached hydrogen (secondary N) is 1. The molecular formula is C10H14ClN3O. The molecule has 82 valence electrons. The van der Waals surface area contributed by atoms with E-state index in [1.54, 1.807) is 39.3 Å². The highest BCUT2D eigenvalue weighted by atomic mass is 35.5. The Hall–Kier alpha value is -1.29. The third-order valence-electron chi connectivity index (χ3n) is 1.92. The predicted molar refractivity (Wildman–Crippen MR) is 61.0 cm³/mol. The fourth-order valence-electron chi connectivity index (χ4n) is 1.15. The van der Waals surface area contributed by atoms with Gasteiger partial charge in [-0.15, -0.1) is 0 Å². The minimum Gasteiger partial charge on any atom is -0.357 e. The summed E-state index contributed by atoms with van der Waals surface area (Å²) in [5, 5.41) is 3.47. The lowest BCUT2D eigenvalue weighted by Gasteiger charge is -2.18. The third kappa shape index (κ3) is 3.09. The quantitative estimate of drug-likeness (QED) is 0.854. The van der Waals surface area contributed by atoms with E-state index in [0.717, 1.165) is 0 Å². The maximum atomic E-state index is 11.6. The Bertz CT molecular complexity index is 354. The number of hydrogen-bond acceptors (Lipinski definition) is 3. The highest BCUT2D eigenvalue weighted by Crippen LogP contribution is 2.18. The fraction of sp³-hybridized carbons (Fsp3) is 0.400. The molecule has 1 rings (SSSR count). The van der Waals surface area contributed by atoms with Crippen molar-refractivity contribution in [2.24, 2.45) is 0 Å². The molecule has 0 saturated carbocycles. The average molecular weight is 228 g/mol. The zero-order valence-corrected chi connectivity index (χ0v) is 9.75. The second-order valence-corrected chi connectivity index (χ2v) is 3.84. The summed E-state index contributed by atoms with van der Waals surface area (Å²) in [7, 11) is 3.42. The maximum Gasteiger partial charge on any atom is 0.244 e. The zero-order chi connectivity index (χ0) is 11.4. The first-order chi connectivity index (χ1) is 7.02. The van der Waals surface area contributed by atoms with Gasteiger partial charge in [-0.2, -0.15) is 0 Å². The van der Waals surface area contributed by atoms with Crippen LogP contribution in [0, 0.1) is 0 Å². The van der Waals surface area contributed by atoms with Crippen LogP contribution in [0.1, 0.15) is 6.92 Å². The Labute approximate surface area is 94.3 Å². The van der Waals surface area contributed by atoms with Crippen LogP contribution in [0.2, 0.25) is 5.02 Å². The van der Waals surface area contributed by atoms with Crippen molar-refractivity contribution in [3.63, 3.8) is 0 Å². The van der Waals surface area contributed by atoms with Crippen LogP contribution in [0.15, 0.2) is 18.3 Å². The molecule has 0 unspecified atom stereocenters.